The van der Waals surface area contributed by atoms with Crippen molar-refractivity contribution in [1.82, 2.24) is 4.98 Å². The fourth-order valence-corrected chi connectivity index (χ4v) is 2.12. The van der Waals surface area contributed by atoms with Crippen molar-refractivity contribution in [2.75, 3.05) is 5.73 Å². The molecule has 2 aromatic rings. The number of hydrogen-bond acceptors (Lipinski definition) is 4. The molecule has 0 aliphatic rings. The zero-order valence-electron chi connectivity index (χ0n) is 6.99. The quantitative estimate of drug-likeness (QED) is 0.543. The lowest BCUT2D eigenvalue weighted by atomic mass is 10.2. The Labute approximate surface area is 82.4 Å². The molecule has 2 aromatic heterocycles. The van der Waals surface area contributed by atoms with Crippen LogP contribution in [0.2, 0.25) is 0 Å². The number of aliphatic hydroxyl groups is 1. The number of anilines is 1. The summed E-state index contributed by atoms with van der Waals surface area (Å²) in [4.78, 5) is 4.65. The maximum atomic E-state index is 12.8. The van der Waals surface area contributed by atoms with Gasteiger partial charge in [-0.15, -0.1) is 11.3 Å². The van der Waals surface area contributed by atoms with Crippen LogP contribution in [0.3, 0.4) is 0 Å². The van der Waals surface area contributed by atoms with Gasteiger partial charge in [0.15, 0.2) is 0 Å². The van der Waals surface area contributed by atoms with Crippen LogP contribution in [0.5, 0.6) is 0 Å². The number of nitrogens with two attached hydrogens (primary N) is 1. The summed E-state index contributed by atoms with van der Waals surface area (Å²) < 4.78 is 12.8. The monoisotopic (exact) mass is 215 g/mol. The first-order valence-corrected chi connectivity index (χ1v) is 4.64. The summed E-state index contributed by atoms with van der Waals surface area (Å²) in [6, 6.07) is 1.25. The van der Waals surface area contributed by atoms with Gasteiger partial charge in [-0.05, 0) is 6.07 Å². The lowest BCUT2D eigenvalue weighted by Gasteiger charge is -1.95. The average molecular weight is 215 g/mol. The first-order chi connectivity index (χ1) is 6.59. The fraction of sp³-hybridized carbons (Fsp3) is 0.125. The highest BCUT2D eigenvalue weighted by Gasteiger charge is 2.18. The van der Waals surface area contributed by atoms with Crippen LogP contribution in [0.25, 0.3) is 10.2 Å². The van der Waals surface area contributed by atoms with Gasteiger partial charge in [0.2, 0.25) is 0 Å². The molecule has 2 heterocycles. The number of thiophene rings is 1. The van der Waals surface area contributed by atoms with E-state index in [-0.39, 0.29) is 5.69 Å². The molecular formula is C8H8FN2O2S+. The zero-order valence-corrected chi connectivity index (χ0v) is 7.81. The van der Waals surface area contributed by atoms with Crippen molar-refractivity contribution in [3.63, 3.8) is 0 Å². The summed E-state index contributed by atoms with van der Waals surface area (Å²) in [5.74, 6) is -0.479. The molecule has 0 radical (unpaired) electrons. The predicted octanol–water partition coefficient (Wildman–Crippen LogP) is 0.733. The fourth-order valence-electron chi connectivity index (χ4n) is 1.20. The third-order valence-electron chi connectivity index (χ3n) is 1.83. The molecule has 0 spiro atoms. The molecule has 14 heavy (non-hydrogen) atoms. The Hall–Kier alpha value is -1.24. The largest absolute Gasteiger partial charge is 0.417 e. The molecular weight excluding hydrogens is 207 g/mol. The predicted molar refractivity (Wildman–Crippen MR) is 52.6 cm³/mol. The van der Waals surface area contributed by atoms with Crippen LogP contribution < -0.4 is 5.73 Å². The lowest BCUT2D eigenvalue weighted by molar-refractivity contribution is -0.0389. The number of fused-ring (bicyclic) bond motifs is 1. The highest BCUT2D eigenvalue weighted by atomic mass is 32.1. The third kappa shape index (κ3) is 1.33. The first-order valence-electron chi connectivity index (χ1n) is 3.82. The summed E-state index contributed by atoms with van der Waals surface area (Å²) in [6.45, 7) is 0. The highest BCUT2D eigenvalue weighted by molar-refractivity contribution is 7.19. The van der Waals surface area contributed by atoms with E-state index in [1.54, 1.807) is 0 Å². The van der Waals surface area contributed by atoms with Crippen LogP contribution in [-0.4, -0.2) is 15.2 Å². The minimum Gasteiger partial charge on any atom is -0.417 e. The van der Waals surface area contributed by atoms with Gasteiger partial charge in [-0.25, -0.2) is 9.37 Å². The third-order valence-corrected chi connectivity index (χ3v) is 3.01. The molecule has 1 atom stereocenters. The molecule has 1 unspecified atom stereocenters. The second kappa shape index (κ2) is 3.16. The van der Waals surface area contributed by atoms with Gasteiger partial charge in [-0.1, -0.05) is 0 Å². The van der Waals surface area contributed by atoms with Crippen molar-refractivity contribution in [2.45, 2.75) is 6.29 Å². The summed E-state index contributed by atoms with van der Waals surface area (Å²) in [5, 5.41) is 16.6. The molecule has 0 aliphatic heterocycles. The second-order valence-electron chi connectivity index (χ2n) is 2.79. The van der Waals surface area contributed by atoms with Crippen LogP contribution in [0.4, 0.5) is 10.1 Å². The molecule has 0 bridgehead atoms. The number of aliphatic hydroxyl groups excluding tert-OH is 1. The summed E-state index contributed by atoms with van der Waals surface area (Å²) >= 11 is 1.10. The molecule has 0 saturated carbocycles. The van der Waals surface area contributed by atoms with Gasteiger partial charge in [0.05, 0.1) is 11.9 Å². The van der Waals surface area contributed by atoms with E-state index < -0.39 is 12.1 Å². The van der Waals surface area contributed by atoms with Crippen molar-refractivity contribution in [1.29, 1.82) is 0 Å². The molecule has 4 nitrogen and oxygen atoms in total. The number of hydrogen-bond donors (Lipinski definition) is 2. The topological polar surface area (TPSA) is 82.0 Å². The van der Waals surface area contributed by atoms with Crippen LogP contribution in [0.15, 0.2) is 12.3 Å². The molecule has 0 aliphatic carbocycles. The maximum Gasteiger partial charge on any atom is 0.300 e. The van der Waals surface area contributed by atoms with E-state index in [1.807, 2.05) is 0 Å². The molecule has 2 rings (SSSR count). The Morgan fingerprint density at radius 2 is 2.36 bits per heavy atom. The van der Waals surface area contributed by atoms with Crippen molar-refractivity contribution in [3.8, 4) is 0 Å². The minimum atomic E-state index is -1.39. The summed E-state index contributed by atoms with van der Waals surface area (Å²) in [7, 11) is 0. The minimum absolute atomic E-state index is 0.236. The Bertz CT molecular complexity index is 483. The van der Waals surface area contributed by atoms with Crippen molar-refractivity contribution in [2.24, 2.45) is 0 Å². The van der Waals surface area contributed by atoms with E-state index >= 15 is 0 Å². The van der Waals surface area contributed by atoms with Crippen LogP contribution in [0.1, 0.15) is 11.2 Å². The van der Waals surface area contributed by atoms with E-state index in [4.69, 9.17) is 15.9 Å². The van der Waals surface area contributed by atoms with Crippen LogP contribution >= 0.6 is 11.3 Å². The SMILES string of the molecule is Nc1c(C(O)[OH2+])sc2ncc(F)cc12. The van der Waals surface area contributed by atoms with E-state index in [2.05, 4.69) is 4.98 Å². The molecule has 5 N–H and O–H groups in total. The molecule has 0 amide bonds. The number of rotatable bonds is 1. The van der Waals surface area contributed by atoms with Gasteiger partial charge >= 0.3 is 0 Å². The molecule has 0 fully saturated rings. The maximum absolute atomic E-state index is 12.8. The Morgan fingerprint density at radius 1 is 1.64 bits per heavy atom. The van der Waals surface area contributed by atoms with Crippen molar-refractivity contribution < 1.29 is 14.6 Å². The zero-order chi connectivity index (χ0) is 10.3. The molecule has 0 aromatic carbocycles. The Balaban J connectivity index is 2.74. The van der Waals surface area contributed by atoms with E-state index in [1.165, 1.54) is 6.07 Å². The molecule has 6 heteroatoms. The average Bonchev–Trinajstić information content (AvgIpc) is 2.44. The van der Waals surface area contributed by atoms with Gasteiger partial charge in [-0.2, -0.15) is 0 Å². The molecule has 74 valence electrons. The standard InChI is InChI=1S/C8H7FN2O2S/c9-3-1-4-5(10)6(8(12)13)14-7(4)11-2-3/h1-2,8,12-13H,10H2/p+1. The summed E-state index contributed by atoms with van der Waals surface area (Å²) in [5.41, 5.74) is 5.87. The normalized spacial score (nSPS) is 13.4. The smallest absolute Gasteiger partial charge is 0.300 e. The van der Waals surface area contributed by atoms with E-state index in [9.17, 15) is 4.39 Å². The van der Waals surface area contributed by atoms with Gasteiger partial charge < -0.3 is 15.9 Å². The number of nitrogen functional groups attached to an aromatic ring is 1. The number of nitrogens with zero attached hydrogens (tertiary/aromatic N) is 1. The lowest BCUT2D eigenvalue weighted by Crippen LogP contribution is -1.95. The summed E-state index contributed by atoms with van der Waals surface area (Å²) in [6.07, 6.45) is -0.310. The Kier molecular flexibility index (Phi) is 2.10. The van der Waals surface area contributed by atoms with Crippen LogP contribution in [0, 0.1) is 5.82 Å². The highest BCUT2D eigenvalue weighted by Crippen LogP contribution is 2.35. The van der Waals surface area contributed by atoms with Gasteiger partial charge in [-0.3, -0.25) is 0 Å². The number of halogens is 1. The molecule has 0 saturated heterocycles. The van der Waals surface area contributed by atoms with Gasteiger partial charge in [0.1, 0.15) is 15.5 Å². The van der Waals surface area contributed by atoms with Crippen molar-refractivity contribution in [3.05, 3.63) is 23.0 Å². The number of aromatic nitrogens is 1. The van der Waals surface area contributed by atoms with Gasteiger partial charge in [0, 0.05) is 5.39 Å². The van der Waals surface area contributed by atoms with E-state index in [0.29, 0.717) is 15.1 Å². The number of pyridine rings is 1. The van der Waals surface area contributed by atoms with Crippen molar-refractivity contribution >= 4 is 27.2 Å². The van der Waals surface area contributed by atoms with Gasteiger partial charge in [0.25, 0.3) is 6.29 Å². The Morgan fingerprint density at radius 3 is 3.00 bits per heavy atom. The first kappa shape index (κ1) is 9.32. The van der Waals surface area contributed by atoms with E-state index in [0.717, 1.165) is 17.5 Å². The van der Waals surface area contributed by atoms with Crippen LogP contribution in [-0.2, 0) is 0 Å². The second-order valence-corrected chi connectivity index (χ2v) is 3.82.